The first kappa shape index (κ1) is 16.5. The number of hydrogen-bond donors (Lipinski definition) is 2. The molecule has 1 saturated heterocycles. The van der Waals surface area contributed by atoms with Crippen molar-refractivity contribution in [1.82, 2.24) is 10.2 Å². The summed E-state index contributed by atoms with van der Waals surface area (Å²) in [6.07, 6.45) is 3.11. The molecule has 1 unspecified atom stereocenters. The lowest BCUT2D eigenvalue weighted by atomic mass is 9.83. The van der Waals surface area contributed by atoms with Crippen molar-refractivity contribution in [3.05, 3.63) is 35.9 Å². The number of aryl methyl sites for hydroxylation is 1. The highest BCUT2D eigenvalue weighted by molar-refractivity contribution is 5.85. The molecule has 0 saturated carbocycles. The number of likely N-dealkylation sites (tertiary alicyclic amines) is 1. The number of carbonyl (C=O) groups excluding carboxylic acids is 2. The minimum atomic E-state index is -0.292. The maximum Gasteiger partial charge on any atom is 0.241 e. The van der Waals surface area contributed by atoms with Gasteiger partial charge < -0.3 is 16.0 Å². The normalized spacial score (nSPS) is 20.9. The van der Waals surface area contributed by atoms with Gasteiger partial charge >= 0.3 is 0 Å². The van der Waals surface area contributed by atoms with Crippen LogP contribution in [0.3, 0.4) is 0 Å². The van der Waals surface area contributed by atoms with E-state index >= 15 is 0 Å². The monoisotopic (exact) mass is 303 g/mol. The zero-order valence-electron chi connectivity index (χ0n) is 13.2. The summed E-state index contributed by atoms with van der Waals surface area (Å²) < 4.78 is 0. The molecule has 2 amide bonds. The number of nitrogens with zero attached hydrogens (tertiary/aromatic N) is 1. The standard InChI is InChI=1S/C17H25N3O2/c1-17(8-7-14-5-3-2-4-6-14)9-10-20(13-17)16(22)12-19-15(21)11-18/h2-6H,7-13,18H2,1H3,(H,19,21). The molecule has 1 aromatic carbocycles. The number of hydrogen-bond acceptors (Lipinski definition) is 3. The minimum absolute atomic E-state index is 0.0229. The molecule has 5 nitrogen and oxygen atoms in total. The van der Waals surface area contributed by atoms with Crippen LogP contribution in [0.4, 0.5) is 0 Å². The van der Waals surface area contributed by atoms with E-state index in [0.29, 0.717) is 0 Å². The van der Waals surface area contributed by atoms with Crippen LogP contribution in [0.2, 0.25) is 0 Å². The molecular weight excluding hydrogens is 278 g/mol. The Kier molecular flexibility index (Phi) is 5.55. The first-order valence-electron chi connectivity index (χ1n) is 7.81. The summed E-state index contributed by atoms with van der Waals surface area (Å²) in [4.78, 5) is 25.1. The summed E-state index contributed by atoms with van der Waals surface area (Å²) in [7, 11) is 0. The summed E-state index contributed by atoms with van der Waals surface area (Å²) in [6.45, 7) is 3.73. The Morgan fingerprint density at radius 1 is 1.32 bits per heavy atom. The molecule has 0 aromatic heterocycles. The van der Waals surface area contributed by atoms with Crippen LogP contribution in [0.15, 0.2) is 30.3 Å². The van der Waals surface area contributed by atoms with Crippen molar-refractivity contribution in [3.63, 3.8) is 0 Å². The number of benzene rings is 1. The first-order valence-corrected chi connectivity index (χ1v) is 7.81. The van der Waals surface area contributed by atoms with E-state index in [2.05, 4.69) is 36.5 Å². The van der Waals surface area contributed by atoms with Gasteiger partial charge in [0, 0.05) is 13.1 Å². The summed E-state index contributed by atoms with van der Waals surface area (Å²) >= 11 is 0. The smallest absolute Gasteiger partial charge is 0.241 e. The van der Waals surface area contributed by atoms with Crippen molar-refractivity contribution >= 4 is 11.8 Å². The van der Waals surface area contributed by atoms with Gasteiger partial charge in [-0.05, 0) is 30.2 Å². The van der Waals surface area contributed by atoms with Crippen molar-refractivity contribution in [2.24, 2.45) is 11.1 Å². The second kappa shape index (κ2) is 7.40. The highest BCUT2D eigenvalue weighted by atomic mass is 16.2. The Hall–Kier alpha value is -1.88. The molecule has 1 heterocycles. The summed E-state index contributed by atoms with van der Waals surface area (Å²) in [6, 6.07) is 10.4. The molecule has 3 N–H and O–H groups in total. The van der Waals surface area contributed by atoms with Crippen LogP contribution in [0.1, 0.15) is 25.3 Å². The lowest BCUT2D eigenvalue weighted by Gasteiger charge is -2.24. The molecule has 5 heteroatoms. The van der Waals surface area contributed by atoms with E-state index in [0.717, 1.165) is 32.4 Å². The molecule has 0 radical (unpaired) electrons. The molecule has 0 bridgehead atoms. The molecule has 0 aliphatic carbocycles. The summed E-state index contributed by atoms with van der Waals surface area (Å²) in [5.41, 5.74) is 6.71. The molecule has 1 aromatic rings. The first-order chi connectivity index (χ1) is 10.5. The van der Waals surface area contributed by atoms with Gasteiger partial charge in [-0.1, -0.05) is 37.3 Å². The van der Waals surface area contributed by atoms with Crippen LogP contribution in [-0.4, -0.2) is 42.9 Å². The SMILES string of the molecule is CC1(CCc2ccccc2)CCN(C(=O)CNC(=O)CN)C1. The molecule has 2 rings (SSSR count). The topological polar surface area (TPSA) is 75.4 Å². The van der Waals surface area contributed by atoms with Gasteiger partial charge in [-0.2, -0.15) is 0 Å². The van der Waals surface area contributed by atoms with E-state index in [-0.39, 0.29) is 30.3 Å². The quantitative estimate of drug-likeness (QED) is 0.821. The molecule has 1 aliphatic rings. The number of nitrogens with one attached hydrogen (secondary N) is 1. The van der Waals surface area contributed by atoms with Crippen molar-refractivity contribution in [2.45, 2.75) is 26.2 Å². The zero-order chi connectivity index (χ0) is 16.0. The number of rotatable bonds is 6. The van der Waals surface area contributed by atoms with Crippen molar-refractivity contribution in [1.29, 1.82) is 0 Å². The highest BCUT2D eigenvalue weighted by Crippen LogP contribution is 2.34. The Morgan fingerprint density at radius 2 is 2.05 bits per heavy atom. The second-order valence-electron chi connectivity index (χ2n) is 6.34. The van der Waals surface area contributed by atoms with Crippen LogP contribution < -0.4 is 11.1 Å². The Labute approximate surface area is 131 Å². The van der Waals surface area contributed by atoms with Gasteiger partial charge in [-0.25, -0.2) is 0 Å². The van der Waals surface area contributed by atoms with Crippen molar-refractivity contribution < 1.29 is 9.59 Å². The number of nitrogens with two attached hydrogens (primary N) is 1. The van der Waals surface area contributed by atoms with Crippen LogP contribution in [0, 0.1) is 5.41 Å². The zero-order valence-corrected chi connectivity index (χ0v) is 13.2. The molecule has 0 spiro atoms. The van der Waals surface area contributed by atoms with E-state index in [1.807, 2.05) is 11.0 Å². The third kappa shape index (κ3) is 4.56. The van der Waals surface area contributed by atoms with E-state index in [4.69, 9.17) is 5.73 Å². The van der Waals surface area contributed by atoms with Crippen molar-refractivity contribution in [2.75, 3.05) is 26.2 Å². The van der Waals surface area contributed by atoms with Gasteiger partial charge in [0.2, 0.25) is 11.8 Å². The van der Waals surface area contributed by atoms with Crippen LogP contribution in [0.5, 0.6) is 0 Å². The lowest BCUT2D eigenvalue weighted by molar-refractivity contribution is -0.132. The van der Waals surface area contributed by atoms with Gasteiger partial charge in [-0.15, -0.1) is 0 Å². The number of amides is 2. The fourth-order valence-electron chi connectivity index (χ4n) is 2.89. The fraction of sp³-hybridized carbons (Fsp3) is 0.529. The van der Waals surface area contributed by atoms with E-state index in [9.17, 15) is 9.59 Å². The molecule has 1 atom stereocenters. The molecule has 22 heavy (non-hydrogen) atoms. The Morgan fingerprint density at radius 3 is 2.73 bits per heavy atom. The molecule has 1 aliphatic heterocycles. The predicted octanol–water partition coefficient (Wildman–Crippen LogP) is 0.933. The Balaban J connectivity index is 1.80. The predicted molar refractivity (Wildman–Crippen MR) is 86.1 cm³/mol. The maximum atomic E-state index is 12.1. The van der Waals surface area contributed by atoms with E-state index < -0.39 is 0 Å². The van der Waals surface area contributed by atoms with Crippen LogP contribution >= 0.6 is 0 Å². The van der Waals surface area contributed by atoms with Gasteiger partial charge in [0.05, 0.1) is 13.1 Å². The Bertz CT molecular complexity index is 518. The fourth-order valence-corrected chi connectivity index (χ4v) is 2.89. The average Bonchev–Trinajstić information content (AvgIpc) is 2.94. The molecule has 120 valence electrons. The van der Waals surface area contributed by atoms with E-state index in [1.165, 1.54) is 5.56 Å². The van der Waals surface area contributed by atoms with Crippen molar-refractivity contribution in [3.8, 4) is 0 Å². The van der Waals surface area contributed by atoms with Gasteiger partial charge in [0.25, 0.3) is 0 Å². The molecule has 1 fully saturated rings. The number of carbonyl (C=O) groups is 2. The van der Waals surface area contributed by atoms with Crippen LogP contribution in [0.25, 0.3) is 0 Å². The van der Waals surface area contributed by atoms with Crippen LogP contribution in [-0.2, 0) is 16.0 Å². The average molecular weight is 303 g/mol. The van der Waals surface area contributed by atoms with Gasteiger partial charge in [-0.3, -0.25) is 9.59 Å². The van der Waals surface area contributed by atoms with Gasteiger partial charge in [0.15, 0.2) is 0 Å². The largest absolute Gasteiger partial charge is 0.346 e. The summed E-state index contributed by atoms with van der Waals surface area (Å²) in [5.74, 6) is -0.315. The highest BCUT2D eigenvalue weighted by Gasteiger charge is 2.35. The minimum Gasteiger partial charge on any atom is -0.346 e. The maximum absolute atomic E-state index is 12.1. The third-order valence-electron chi connectivity index (χ3n) is 4.39. The third-order valence-corrected chi connectivity index (χ3v) is 4.39. The summed E-state index contributed by atoms with van der Waals surface area (Å²) in [5, 5.41) is 2.54. The van der Waals surface area contributed by atoms with Gasteiger partial charge in [0.1, 0.15) is 0 Å². The second-order valence-corrected chi connectivity index (χ2v) is 6.34. The molecular formula is C17H25N3O2. The lowest BCUT2D eigenvalue weighted by Crippen LogP contribution is -2.41. The van der Waals surface area contributed by atoms with E-state index in [1.54, 1.807) is 0 Å².